The van der Waals surface area contributed by atoms with Crippen molar-refractivity contribution in [3.05, 3.63) is 29.8 Å². The summed E-state index contributed by atoms with van der Waals surface area (Å²) >= 11 is 0. The third-order valence-corrected chi connectivity index (χ3v) is 3.25. The lowest BCUT2D eigenvalue weighted by molar-refractivity contribution is -0.119. The quantitative estimate of drug-likeness (QED) is 0.824. The highest BCUT2D eigenvalue weighted by molar-refractivity contribution is 5.75. The van der Waals surface area contributed by atoms with E-state index in [1.807, 2.05) is 18.2 Å². The van der Waals surface area contributed by atoms with Gasteiger partial charge < -0.3 is 15.2 Å². The second-order valence-corrected chi connectivity index (χ2v) is 4.78. The van der Waals surface area contributed by atoms with Crippen molar-refractivity contribution in [3.8, 4) is 5.75 Å². The topological polar surface area (TPSA) is 64.8 Å². The molecule has 0 radical (unpaired) electrons. The van der Waals surface area contributed by atoms with Gasteiger partial charge in [0.05, 0.1) is 6.10 Å². The molecule has 0 aromatic heterocycles. The molecule has 104 valence electrons. The highest BCUT2D eigenvalue weighted by Gasteiger charge is 2.21. The van der Waals surface area contributed by atoms with E-state index in [0.29, 0.717) is 11.9 Å². The fourth-order valence-corrected chi connectivity index (χ4v) is 2.28. The molecule has 1 aromatic rings. The van der Waals surface area contributed by atoms with Crippen LogP contribution in [0.5, 0.6) is 5.75 Å². The zero-order valence-electron chi connectivity index (χ0n) is 11.2. The number of carbonyl (C=O) groups is 1. The molecule has 1 aliphatic heterocycles. The third-order valence-electron chi connectivity index (χ3n) is 3.25. The van der Waals surface area contributed by atoms with Crippen molar-refractivity contribution in [3.63, 3.8) is 0 Å². The molecule has 0 aliphatic carbocycles. The first kappa shape index (κ1) is 13.8. The summed E-state index contributed by atoms with van der Waals surface area (Å²) in [5.41, 5.74) is 6.22. The smallest absolute Gasteiger partial charge is 0.255 e. The summed E-state index contributed by atoms with van der Waals surface area (Å²) in [5, 5.41) is 0. The summed E-state index contributed by atoms with van der Waals surface area (Å²) in [4.78, 5) is 13.0. The molecule has 1 unspecified atom stereocenters. The molecule has 1 saturated heterocycles. The van der Waals surface area contributed by atoms with Gasteiger partial charge in [-0.25, -0.2) is 0 Å². The van der Waals surface area contributed by atoms with Gasteiger partial charge in [-0.3, -0.25) is 9.69 Å². The van der Waals surface area contributed by atoms with Gasteiger partial charge in [-0.15, -0.1) is 0 Å². The SMILES string of the molecule is COC1CCN(Cc2cccc(OCC(N)=O)c2)C1. The molecule has 5 nitrogen and oxygen atoms in total. The minimum Gasteiger partial charge on any atom is -0.484 e. The molecule has 2 N–H and O–H groups in total. The van der Waals surface area contributed by atoms with E-state index in [-0.39, 0.29) is 6.61 Å². The average Bonchev–Trinajstić information content (AvgIpc) is 2.84. The minimum absolute atomic E-state index is 0.0844. The van der Waals surface area contributed by atoms with Crippen LogP contribution in [0.15, 0.2) is 24.3 Å². The number of carbonyl (C=O) groups excluding carboxylic acids is 1. The monoisotopic (exact) mass is 264 g/mol. The van der Waals surface area contributed by atoms with Crippen LogP contribution in [0.2, 0.25) is 0 Å². The number of amides is 1. The van der Waals surface area contributed by atoms with Gasteiger partial charge >= 0.3 is 0 Å². The summed E-state index contributed by atoms with van der Waals surface area (Å²) in [6.07, 6.45) is 1.42. The van der Waals surface area contributed by atoms with Gasteiger partial charge in [-0.05, 0) is 24.1 Å². The van der Waals surface area contributed by atoms with E-state index < -0.39 is 5.91 Å². The van der Waals surface area contributed by atoms with Crippen LogP contribution in [0.4, 0.5) is 0 Å². The van der Waals surface area contributed by atoms with Crippen LogP contribution in [-0.2, 0) is 16.1 Å². The molecule has 0 saturated carbocycles. The first-order valence-electron chi connectivity index (χ1n) is 6.42. The maximum atomic E-state index is 10.7. The van der Waals surface area contributed by atoms with Gasteiger partial charge in [0.2, 0.25) is 0 Å². The fourth-order valence-electron chi connectivity index (χ4n) is 2.28. The van der Waals surface area contributed by atoms with Gasteiger partial charge in [0.15, 0.2) is 6.61 Å². The number of hydrogen-bond acceptors (Lipinski definition) is 4. The Bertz CT molecular complexity index is 436. The number of ether oxygens (including phenoxy) is 2. The second kappa shape index (κ2) is 6.54. The lowest BCUT2D eigenvalue weighted by Gasteiger charge is -2.16. The molecule has 0 spiro atoms. The van der Waals surface area contributed by atoms with Crippen LogP contribution in [-0.4, -0.2) is 43.7 Å². The Hall–Kier alpha value is -1.59. The van der Waals surface area contributed by atoms with Crippen molar-refractivity contribution in [2.45, 2.75) is 19.1 Å². The fraction of sp³-hybridized carbons (Fsp3) is 0.500. The maximum Gasteiger partial charge on any atom is 0.255 e. The van der Waals surface area contributed by atoms with E-state index in [4.69, 9.17) is 15.2 Å². The molecule has 1 heterocycles. The number of nitrogens with zero attached hydrogens (tertiary/aromatic N) is 1. The number of methoxy groups -OCH3 is 1. The summed E-state index contributed by atoms with van der Waals surface area (Å²) in [7, 11) is 1.76. The van der Waals surface area contributed by atoms with E-state index >= 15 is 0 Å². The van der Waals surface area contributed by atoms with Crippen molar-refractivity contribution >= 4 is 5.91 Å². The summed E-state index contributed by atoms with van der Waals surface area (Å²) in [6, 6.07) is 7.75. The van der Waals surface area contributed by atoms with Crippen LogP contribution >= 0.6 is 0 Å². The average molecular weight is 264 g/mol. The van der Waals surface area contributed by atoms with Crippen molar-refractivity contribution in [1.82, 2.24) is 4.90 Å². The van der Waals surface area contributed by atoms with Gasteiger partial charge in [0, 0.05) is 26.7 Å². The van der Waals surface area contributed by atoms with Crippen LogP contribution in [0.1, 0.15) is 12.0 Å². The van der Waals surface area contributed by atoms with E-state index in [1.54, 1.807) is 7.11 Å². The summed E-state index contributed by atoms with van der Waals surface area (Å²) in [5.74, 6) is 0.215. The van der Waals surface area contributed by atoms with E-state index in [9.17, 15) is 4.79 Å². The van der Waals surface area contributed by atoms with Crippen molar-refractivity contribution in [2.75, 3.05) is 26.8 Å². The first-order valence-corrected chi connectivity index (χ1v) is 6.42. The zero-order valence-corrected chi connectivity index (χ0v) is 11.2. The molecule has 1 amide bonds. The molecule has 2 rings (SSSR count). The summed E-state index contributed by atoms with van der Waals surface area (Å²) < 4.78 is 10.6. The molecule has 0 bridgehead atoms. The Balaban J connectivity index is 1.90. The molecule has 1 aliphatic rings. The highest BCUT2D eigenvalue weighted by atomic mass is 16.5. The number of primary amides is 1. The predicted molar refractivity (Wildman–Crippen MR) is 71.8 cm³/mol. The van der Waals surface area contributed by atoms with Crippen molar-refractivity contribution in [1.29, 1.82) is 0 Å². The lowest BCUT2D eigenvalue weighted by Crippen LogP contribution is -2.22. The molecular formula is C14H20N2O3. The molecule has 1 atom stereocenters. The van der Waals surface area contributed by atoms with Gasteiger partial charge in [0.25, 0.3) is 5.91 Å². The van der Waals surface area contributed by atoms with Crippen LogP contribution < -0.4 is 10.5 Å². The highest BCUT2D eigenvalue weighted by Crippen LogP contribution is 2.18. The van der Waals surface area contributed by atoms with Gasteiger partial charge in [-0.2, -0.15) is 0 Å². The number of hydrogen-bond donors (Lipinski definition) is 1. The molecule has 1 aromatic carbocycles. The lowest BCUT2D eigenvalue weighted by atomic mass is 10.2. The van der Waals surface area contributed by atoms with E-state index in [0.717, 1.165) is 26.1 Å². The Kier molecular flexibility index (Phi) is 4.76. The number of benzene rings is 1. The van der Waals surface area contributed by atoms with Gasteiger partial charge in [-0.1, -0.05) is 12.1 Å². The Labute approximate surface area is 113 Å². The van der Waals surface area contributed by atoms with Crippen LogP contribution in [0.3, 0.4) is 0 Å². The Morgan fingerprint density at radius 1 is 1.53 bits per heavy atom. The van der Waals surface area contributed by atoms with Crippen molar-refractivity contribution < 1.29 is 14.3 Å². The third kappa shape index (κ3) is 4.22. The Morgan fingerprint density at radius 2 is 2.37 bits per heavy atom. The second-order valence-electron chi connectivity index (χ2n) is 4.78. The molecule has 1 fully saturated rings. The van der Waals surface area contributed by atoms with Gasteiger partial charge in [0.1, 0.15) is 5.75 Å². The van der Waals surface area contributed by atoms with E-state index in [1.165, 1.54) is 5.56 Å². The Morgan fingerprint density at radius 3 is 3.05 bits per heavy atom. The largest absolute Gasteiger partial charge is 0.484 e. The summed E-state index contributed by atoms with van der Waals surface area (Å²) in [6.45, 7) is 2.79. The normalized spacial score (nSPS) is 19.5. The predicted octanol–water partition coefficient (Wildman–Crippen LogP) is 0.771. The molecular weight excluding hydrogens is 244 g/mol. The minimum atomic E-state index is -0.465. The number of nitrogens with two attached hydrogens (primary N) is 1. The molecule has 19 heavy (non-hydrogen) atoms. The maximum absolute atomic E-state index is 10.7. The van der Waals surface area contributed by atoms with Crippen LogP contribution in [0, 0.1) is 0 Å². The standard InChI is InChI=1S/C14H20N2O3/c1-18-13-5-6-16(9-13)8-11-3-2-4-12(7-11)19-10-14(15)17/h2-4,7,13H,5-6,8-10H2,1H3,(H2,15,17). The first-order chi connectivity index (χ1) is 9.17. The zero-order chi connectivity index (χ0) is 13.7. The number of likely N-dealkylation sites (tertiary alicyclic amines) is 1. The van der Waals surface area contributed by atoms with Crippen LogP contribution in [0.25, 0.3) is 0 Å². The molecule has 5 heteroatoms. The van der Waals surface area contributed by atoms with E-state index in [2.05, 4.69) is 11.0 Å². The van der Waals surface area contributed by atoms with Crippen molar-refractivity contribution in [2.24, 2.45) is 5.73 Å². The number of rotatable bonds is 6.